The second-order valence-corrected chi connectivity index (χ2v) is 13.1. The lowest BCUT2D eigenvalue weighted by Crippen LogP contribution is -2.50. The summed E-state index contributed by atoms with van der Waals surface area (Å²) in [6.07, 6.45) is 7.30. The number of terminal acetylenes is 1. The van der Waals surface area contributed by atoms with Crippen molar-refractivity contribution in [2.24, 2.45) is 9.98 Å². The molecule has 0 aliphatic carbocycles. The summed E-state index contributed by atoms with van der Waals surface area (Å²) >= 11 is 0. The van der Waals surface area contributed by atoms with Crippen LogP contribution >= 0.6 is 0 Å². The topological polar surface area (TPSA) is 138 Å². The number of aliphatic imine (C=N–C) groups is 2. The maximum atomic E-state index is 14.1. The Kier molecular flexibility index (Phi) is 12.0. The average molecular weight is 718 g/mol. The Labute approximate surface area is 311 Å². The molecule has 12 heteroatoms. The number of hydrogen-bond donors (Lipinski definition) is 4. The van der Waals surface area contributed by atoms with Crippen LogP contribution in [-0.2, 0) is 29.3 Å². The van der Waals surface area contributed by atoms with Gasteiger partial charge in [-0.3, -0.25) is 9.79 Å². The molecule has 3 heterocycles. The number of nitrogens with zero attached hydrogens (tertiary/aromatic N) is 3. The van der Waals surface area contributed by atoms with Gasteiger partial charge in [0.25, 0.3) is 5.91 Å². The number of amides is 2. The molecule has 2 amide bonds. The average Bonchev–Trinajstić information content (AvgIpc) is 3.68. The van der Waals surface area contributed by atoms with Crippen molar-refractivity contribution in [1.29, 1.82) is 0 Å². The number of amidine groups is 2. The van der Waals surface area contributed by atoms with Gasteiger partial charge in [-0.25, -0.2) is 4.79 Å². The zero-order valence-corrected chi connectivity index (χ0v) is 30.6. The molecule has 3 aromatic carbocycles. The Bertz CT molecular complexity index is 1900. The zero-order chi connectivity index (χ0) is 37.3. The molecule has 0 aromatic heterocycles. The van der Waals surface area contributed by atoms with E-state index in [4.69, 9.17) is 25.6 Å². The number of methoxy groups -OCH3 is 1. The first-order chi connectivity index (χ1) is 25.8. The molecule has 0 saturated carbocycles. The second-order valence-electron chi connectivity index (χ2n) is 13.1. The van der Waals surface area contributed by atoms with Crippen LogP contribution in [0.4, 0.5) is 4.79 Å². The molecular formula is C41H47N7O5. The van der Waals surface area contributed by atoms with Crippen LogP contribution in [0.15, 0.2) is 71.2 Å². The van der Waals surface area contributed by atoms with Gasteiger partial charge in [0, 0.05) is 59.2 Å². The maximum Gasteiger partial charge on any atom is 0.407 e. The van der Waals surface area contributed by atoms with Crippen molar-refractivity contribution < 1.29 is 23.8 Å². The van der Waals surface area contributed by atoms with E-state index in [1.807, 2.05) is 43.3 Å². The van der Waals surface area contributed by atoms with Gasteiger partial charge < -0.3 is 40.4 Å². The van der Waals surface area contributed by atoms with E-state index < -0.39 is 12.1 Å². The van der Waals surface area contributed by atoms with E-state index in [1.165, 1.54) is 7.11 Å². The van der Waals surface area contributed by atoms with Crippen LogP contribution in [0.2, 0.25) is 0 Å². The molecular weight excluding hydrogens is 670 g/mol. The molecule has 3 aromatic rings. The second kappa shape index (κ2) is 17.1. The molecule has 0 radical (unpaired) electrons. The Morgan fingerprint density at radius 1 is 1.08 bits per heavy atom. The highest BCUT2D eigenvalue weighted by Gasteiger charge is 2.38. The third-order valence-corrected chi connectivity index (χ3v) is 9.49. The Hall–Kier alpha value is -5.80. The molecule has 3 aliphatic heterocycles. The molecule has 53 heavy (non-hydrogen) atoms. The normalized spacial score (nSPS) is 16.3. The standard InChI is InChI=1S/C41H47N7O5/c1-6-16-42-23-35(43-7-2)45-22-27-18-30-24-53-34-21-29(20-31-25-52-33(19-27)36(30)37(31)34)26(4)46-39(44-8-3)32-15-12-17-48(32)40(49)38(47-41(50)51-5)28-13-10-9-11-14-28/h2,9-11,13-14,18-21,32,38,42H,4,6,8,12,15-17,22-25H2,1,3,5H3,(H,43,45)(H,44,46)(H,47,50)/t32?,38-/m1/s1. The highest BCUT2D eigenvalue weighted by molar-refractivity contribution is 5.99. The molecule has 1 saturated heterocycles. The number of carbonyl (C=O) groups is 2. The molecule has 276 valence electrons. The molecule has 0 bridgehead atoms. The van der Waals surface area contributed by atoms with Crippen molar-refractivity contribution in [1.82, 2.24) is 26.2 Å². The number of benzene rings is 3. The van der Waals surface area contributed by atoms with Crippen molar-refractivity contribution >= 4 is 29.4 Å². The summed E-state index contributed by atoms with van der Waals surface area (Å²) in [5.41, 5.74) is 7.30. The lowest BCUT2D eigenvalue weighted by molar-refractivity contribution is -0.133. The molecule has 1 fully saturated rings. The van der Waals surface area contributed by atoms with Crippen LogP contribution in [0.1, 0.15) is 67.0 Å². The maximum absolute atomic E-state index is 14.1. The Balaban J connectivity index is 1.20. The van der Waals surface area contributed by atoms with Gasteiger partial charge in [0.1, 0.15) is 42.4 Å². The third-order valence-electron chi connectivity index (χ3n) is 9.49. The molecule has 4 N–H and O–H groups in total. The highest BCUT2D eigenvalue weighted by atomic mass is 16.5. The summed E-state index contributed by atoms with van der Waals surface area (Å²) in [4.78, 5) is 37.1. The first-order valence-corrected chi connectivity index (χ1v) is 18.1. The fourth-order valence-electron chi connectivity index (χ4n) is 7.04. The summed E-state index contributed by atoms with van der Waals surface area (Å²) in [5, 5.41) is 12.9. The van der Waals surface area contributed by atoms with Gasteiger partial charge in [-0.05, 0) is 68.1 Å². The van der Waals surface area contributed by atoms with Gasteiger partial charge in [0.15, 0.2) is 0 Å². The van der Waals surface area contributed by atoms with Crippen molar-refractivity contribution in [2.75, 3.05) is 33.3 Å². The van der Waals surface area contributed by atoms with Gasteiger partial charge in [-0.2, -0.15) is 4.99 Å². The van der Waals surface area contributed by atoms with E-state index in [9.17, 15) is 9.59 Å². The molecule has 0 spiro atoms. The number of nitrogens with one attached hydrogen (secondary N) is 4. The van der Waals surface area contributed by atoms with Crippen molar-refractivity contribution in [2.45, 2.75) is 65.0 Å². The third kappa shape index (κ3) is 8.31. The van der Waals surface area contributed by atoms with Crippen molar-refractivity contribution in [3.63, 3.8) is 0 Å². The SMILES string of the molecule is C#C/N=C(/CNCCC)NCc1cc2c3c(c1)OCc1cc(C(=C)N/C(=N\CC)C4CCCN4C(=O)[C@H](NC(=O)OC)c4ccccc4)cc(c1-3)OC2. The largest absolute Gasteiger partial charge is 0.488 e. The number of likely N-dealkylation sites (tertiary alicyclic amines) is 1. The molecule has 2 atom stereocenters. The van der Waals surface area contributed by atoms with E-state index in [2.05, 4.69) is 64.0 Å². The number of carbonyl (C=O) groups excluding carboxylic acids is 2. The number of rotatable bonds is 13. The van der Waals surface area contributed by atoms with Crippen LogP contribution in [0, 0.1) is 12.5 Å². The van der Waals surface area contributed by atoms with E-state index in [0.29, 0.717) is 68.7 Å². The number of ether oxygens (including phenoxy) is 3. The van der Waals surface area contributed by atoms with Gasteiger partial charge in [-0.15, -0.1) is 0 Å². The van der Waals surface area contributed by atoms with E-state index >= 15 is 0 Å². The first-order valence-electron chi connectivity index (χ1n) is 18.1. The van der Waals surface area contributed by atoms with Crippen LogP contribution < -0.4 is 30.7 Å². The molecule has 3 aliphatic rings. The van der Waals surface area contributed by atoms with E-state index in [0.717, 1.165) is 64.3 Å². The molecule has 6 rings (SSSR count). The van der Waals surface area contributed by atoms with Crippen LogP contribution in [0.25, 0.3) is 16.8 Å². The quantitative estimate of drug-likeness (QED) is 0.0812. The van der Waals surface area contributed by atoms with Gasteiger partial charge >= 0.3 is 6.09 Å². The van der Waals surface area contributed by atoms with Crippen LogP contribution in [0.5, 0.6) is 11.5 Å². The molecule has 12 nitrogen and oxygen atoms in total. The van der Waals surface area contributed by atoms with E-state index in [1.54, 1.807) is 4.90 Å². The summed E-state index contributed by atoms with van der Waals surface area (Å²) in [6.45, 7) is 12.2. The lowest BCUT2D eigenvalue weighted by atomic mass is 9.88. The number of hydrogen-bond acceptors (Lipinski definition) is 8. The fourth-order valence-corrected chi connectivity index (χ4v) is 7.04. The van der Waals surface area contributed by atoms with Gasteiger partial charge in [-0.1, -0.05) is 50.3 Å². The first kappa shape index (κ1) is 37.0. The minimum Gasteiger partial charge on any atom is -0.488 e. The summed E-state index contributed by atoms with van der Waals surface area (Å²) in [5.74, 6) is 2.70. The highest BCUT2D eigenvalue weighted by Crippen LogP contribution is 2.49. The lowest BCUT2D eigenvalue weighted by Gasteiger charge is -2.32. The zero-order valence-electron chi connectivity index (χ0n) is 30.6. The summed E-state index contributed by atoms with van der Waals surface area (Å²) in [7, 11) is 1.28. The predicted octanol–water partition coefficient (Wildman–Crippen LogP) is 5.28. The smallest absolute Gasteiger partial charge is 0.407 e. The van der Waals surface area contributed by atoms with Crippen LogP contribution in [0.3, 0.4) is 0 Å². The predicted molar refractivity (Wildman–Crippen MR) is 206 cm³/mol. The monoisotopic (exact) mass is 717 g/mol. The van der Waals surface area contributed by atoms with Gasteiger partial charge in [0.05, 0.1) is 19.7 Å². The van der Waals surface area contributed by atoms with E-state index in [-0.39, 0.29) is 11.9 Å². The van der Waals surface area contributed by atoms with Crippen molar-refractivity contribution in [3.05, 3.63) is 89.0 Å². The fraction of sp³-hybridized carbons (Fsp3) is 0.366. The number of alkyl carbamates (subject to hydrolysis) is 1. The summed E-state index contributed by atoms with van der Waals surface area (Å²) in [6, 6.07) is 18.6. The Morgan fingerprint density at radius 3 is 2.51 bits per heavy atom. The van der Waals surface area contributed by atoms with Gasteiger partial charge in [0.2, 0.25) is 0 Å². The van der Waals surface area contributed by atoms with Crippen molar-refractivity contribution in [3.8, 4) is 35.1 Å². The summed E-state index contributed by atoms with van der Waals surface area (Å²) < 4.78 is 17.6. The van der Waals surface area contributed by atoms with Crippen LogP contribution in [-0.4, -0.2) is 67.9 Å². The Morgan fingerprint density at radius 2 is 1.81 bits per heavy atom. The molecule has 1 unspecified atom stereocenters. The minimum absolute atomic E-state index is 0.234. The minimum atomic E-state index is -0.908.